The van der Waals surface area contributed by atoms with Crippen LogP contribution in [0.4, 0.5) is 4.39 Å². The van der Waals surface area contributed by atoms with Crippen LogP contribution in [0.5, 0.6) is 0 Å². The van der Waals surface area contributed by atoms with Gasteiger partial charge in [0, 0.05) is 6.04 Å². The van der Waals surface area contributed by atoms with Crippen molar-refractivity contribution in [3.8, 4) is 12.3 Å². The van der Waals surface area contributed by atoms with Gasteiger partial charge in [-0.3, -0.25) is 5.32 Å². The third-order valence-corrected chi connectivity index (χ3v) is 2.50. The van der Waals surface area contributed by atoms with Gasteiger partial charge in [-0.05, 0) is 31.5 Å². The Labute approximate surface area is 94.6 Å². The number of hydrogen-bond donors (Lipinski definition) is 1. The minimum atomic E-state index is -0.406. The molecule has 0 spiro atoms. The van der Waals surface area contributed by atoms with E-state index in [1.54, 1.807) is 12.1 Å². The molecule has 1 aromatic rings. The van der Waals surface area contributed by atoms with Crippen molar-refractivity contribution in [1.82, 2.24) is 5.32 Å². The maximum absolute atomic E-state index is 13.2. The van der Waals surface area contributed by atoms with Gasteiger partial charge < -0.3 is 0 Å². The highest BCUT2D eigenvalue weighted by molar-refractivity contribution is 6.30. The molecule has 2 unspecified atom stereocenters. The molecule has 1 N–H and O–H groups in total. The molecule has 1 rings (SSSR count). The molecular weight excluding hydrogens is 213 g/mol. The van der Waals surface area contributed by atoms with Crippen LogP contribution in [0.25, 0.3) is 0 Å². The molecule has 0 aliphatic carbocycles. The van der Waals surface area contributed by atoms with Crippen molar-refractivity contribution in [2.75, 3.05) is 0 Å². The van der Waals surface area contributed by atoms with E-state index in [1.165, 1.54) is 6.07 Å². The Morgan fingerprint density at radius 2 is 2.13 bits per heavy atom. The molecule has 80 valence electrons. The van der Waals surface area contributed by atoms with Crippen LogP contribution in [0, 0.1) is 18.2 Å². The highest BCUT2D eigenvalue weighted by atomic mass is 35.5. The molecule has 0 aliphatic heterocycles. The van der Waals surface area contributed by atoms with Crippen molar-refractivity contribution < 1.29 is 4.39 Å². The van der Waals surface area contributed by atoms with Crippen molar-refractivity contribution in [1.29, 1.82) is 0 Å². The predicted molar refractivity (Wildman–Crippen MR) is 61.3 cm³/mol. The Balaban J connectivity index is 2.79. The third-order valence-electron chi connectivity index (χ3n) is 2.19. The van der Waals surface area contributed by atoms with E-state index in [0.717, 1.165) is 5.56 Å². The second-order valence-electron chi connectivity index (χ2n) is 3.45. The van der Waals surface area contributed by atoms with E-state index < -0.39 is 5.82 Å². The average molecular weight is 226 g/mol. The molecule has 15 heavy (non-hydrogen) atoms. The van der Waals surface area contributed by atoms with Crippen molar-refractivity contribution in [3.05, 3.63) is 34.6 Å². The zero-order valence-corrected chi connectivity index (χ0v) is 9.48. The Hall–Kier alpha value is -1.04. The minimum absolute atomic E-state index is 0.00261. The van der Waals surface area contributed by atoms with Crippen LogP contribution in [0.15, 0.2) is 18.2 Å². The summed E-state index contributed by atoms with van der Waals surface area (Å²) in [5.41, 5.74) is 0.832. The first-order valence-corrected chi connectivity index (χ1v) is 5.09. The zero-order chi connectivity index (χ0) is 11.4. The molecule has 0 saturated carbocycles. The topological polar surface area (TPSA) is 12.0 Å². The van der Waals surface area contributed by atoms with Gasteiger partial charge in [0.1, 0.15) is 5.82 Å². The van der Waals surface area contributed by atoms with Gasteiger partial charge in [-0.25, -0.2) is 4.39 Å². The van der Waals surface area contributed by atoms with E-state index >= 15 is 0 Å². The van der Waals surface area contributed by atoms with E-state index in [1.807, 2.05) is 13.8 Å². The SMILES string of the molecule is C#CC(C)NC(C)c1ccc(Cl)c(F)c1. The van der Waals surface area contributed by atoms with Gasteiger partial charge >= 0.3 is 0 Å². The second-order valence-corrected chi connectivity index (χ2v) is 3.86. The molecule has 1 aromatic carbocycles. The van der Waals surface area contributed by atoms with Crippen molar-refractivity contribution in [3.63, 3.8) is 0 Å². The molecule has 0 aliphatic rings. The molecular formula is C12H13ClFN. The van der Waals surface area contributed by atoms with Gasteiger partial charge in [-0.1, -0.05) is 23.6 Å². The number of benzene rings is 1. The molecule has 0 amide bonds. The summed E-state index contributed by atoms with van der Waals surface area (Å²) >= 11 is 5.59. The highest BCUT2D eigenvalue weighted by Crippen LogP contribution is 2.20. The van der Waals surface area contributed by atoms with Gasteiger partial charge in [0.15, 0.2) is 0 Å². The van der Waals surface area contributed by atoms with Gasteiger partial charge in [0.2, 0.25) is 0 Å². The smallest absolute Gasteiger partial charge is 0.142 e. The number of terminal acetylenes is 1. The minimum Gasteiger partial charge on any atom is -0.297 e. The maximum atomic E-state index is 13.2. The van der Waals surface area contributed by atoms with Crippen molar-refractivity contribution in [2.45, 2.75) is 25.9 Å². The number of hydrogen-bond acceptors (Lipinski definition) is 1. The average Bonchev–Trinajstić information content (AvgIpc) is 2.21. The van der Waals surface area contributed by atoms with E-state index in [-0.39, 0.29) is 17.1 Å². The number of nitrogens with one attached hydrogen (secondary N) is 1. The first-order valence-electron chi connectivity index (χ1n) is 4.71. The summed E-state index contributed by atoms with van der Waals surface area (Å²) in [6, 6.07) is 4.71. The fraction of sp³-hybridized carbons (Fsp3) is 0.333. The van der Waals surface area contributed by atoms with E-state index in [0.29, 0.717) is 0 Å². The summed E-state index contributed by atoms with van der Waals surface area (Å²) in [7, 11) is 0. The summed E-state index contributed by atoms with van der Waals surface area (Å²) in [5, 5.41) is 3.28. The first kappa shape index (κ1) is 12.0. The fourth-order valence-corrected chi connectivity index (χ4v) is 1.42. The third kappa shape index (κ3) is 3.23. The molecule has 1 nitrogen and oxygen atoms in total. The lowest BCUT2D eigenvalue weighted by Crippen LogP contribution is -2.27. The van der Waals surface area contributed by atoms with E-state index in [2.05, 4.69) is 11.2 Å². The molecule has 2 atom stereocenters. The summed E-state index contributed by atoms with van der Waals surface area (Å²) in [4.78, 5) is 0. The van der Waals surface area contributed by atoms with Gasteiger partial charge in [-0.2, -0.15) is 0 Å². The largest absolute Gasteiger partial charge is 0.297 e. The first-order chi connectivity index (χ1) is 7.04. The van der Waals surface area contributed by atoms with Crippen molar-refractivity contribution in [2.24, 2.45) is 0 Å². The Morgan fingerprint density at radius 1 is 1.47 bits per heavy atom. The molecule has 0 aromatic heterocycles. The fourth-order valence-electron chi connectivity index (χ4n) is 1.30. The van der Waals surface area contributed by atoms with Crippen LogP contribution in [0.1, 0.15) is 25.5 Å². The zero-order valence-electron chi connectivity index (χ0n) is 8.72. The summed E-state index contributed by atoms with van der Waals surface area (Å²) in [6.07, 6.45) is 5.24. The Bertz CT molecular complexity index is 384. The van der Waals surface area contributed by atoms with Gasteiger partial charge in [-0.15, -0.1) is 6.42 Å². The summed E-state index contributed by atoms with van der Waals surface area (Å²) in [5.74, 6) is 2.15. The van der Waals surface area contributed by atoms with Crippen LogP contribution >= 0.6 is 11.6 Å². The van der Waals surface area contributed by atoms with Crippen LogP contribution in [0.2, 0.25) is 5.02 Å². The van der Waals surface area contributed by atoms with Crippen molar-refractivity contribution >= 4 is 11.6 Å². The lowest BCUT2D eigenvalue weighted by Gasteiger charge is -2.16. The molecule has 0 bridgehead atoms. The monoisotopic (exact) mass is 225 g/mol. The second kappa shape index (κ2) is 5.16. The quantitative estimate of drug-likeness (QED) is 0.780. The highest BCUT2D eigenvalue weighted by Gasteiger charge is 2.09. The molecule has 0 saturated heterocycles. The molecule has 3 heteroatoms. The van der Waals surface area contributed by atoms with Gasteiger partial charge in [0.05, 0.1) is 11.1 Å². The normalized spacial score (nSPS) is 14.3. The predicted octanol–water partition coefficient (Wildman–Crippen LogP) is 3.15. The van der Waals surface area contributed by atoms with Crippen LogP contribution < -0.4 is 5.32 Å². The summed E-state index contributed by atoms with van der Waals surface area (Å²) in [6.45, 7) is 3.80. The maximum Gasteiger partial charge on any atom is 0.142 e. The molecule has 0 heterocycles. The number of rotatable bonds is 3. The molecule has 0 fully saturated rings. The lowest BCUT2D eigenvalue weighted by atomic mass is 10.1. The Kier molecular flexibility index (Phi) is 4.14. The lowest BCUT2D eigenvalue weighted by molar-refractivity contribution is 0.540. The summed E-state index contributed by atoms with van der Waals surface area (Å²) < 4.78 is 13.2. The van der Waals surface area contributed by atoms with Crippen LogP contribution in [-0.4, -0.2) is 6.04 Å². The van der Waals surface area contributed by atoms with Crippen LogP contribution in [0.3, 0.4) is 0 Å². The van der Waals surface area contributed by atoms with E-state index in [9.17, 15) is 4.39 Å². The Morgan fingerprint density at radius 3 is 2.67 bits per heavy atom. The van der Waals surface area contributed by atoms with Crippen LogP contribution in [-0.2, 0) is 0 Å². The molecule has 0 radical (unpaired) electrons. The standard InChI is InChI=1S/C12H13ClFN/c1-4-8(2)15-9(3)10-5-6-11(13)12(14)7-10/h1,5-9,15H,2-3H3. The van der Waals surface area contributed by atoms with E-state index in [4.69, 9.17) is 18.0 Å². The van der Waals surface area contributed by atoms with Gasteiger partial charge in [0.25, 0.3) is 0 Å². The number of halogens is 2.